The van der Waals surface area contributed by atoms with Crippen LogP contribution >= 0.6 is 0 Å². The SMILES string of the molecule is CCCCCCCCCCC=CCCCCCCc1cccc2c(C(=O)O)cccc12. The van der Waals surface area contributed by atoms with Gasteiger partial charge in [-0.3, -0.25) is 0 Å². The van der Waals surface area contributed by atoms with Crippen molar-refractivity contribution in [3.05, 3.63) is 59.7 Å². The molecule has 170 valence electrons. The Balaban J connectivity index is 1.53. The van der Waals surface area contributed by atoms with E-state index in [0.29, 0.717) is 5.56 Å². The zero-order valence-electron chi connectivity index (χ0n) is 19.6. The van der Waals surface area contributed by atoms with Gasteiger partial charge in [0, 0.05) is 0 Å². The van der Waals surface area contributed by atoms with Crippen LogP contribution in [-0.2, 0) is 6.42 Å². The smallest absolute Gasteiger partial charge is 0.336 e. The van der Waals surface area contributed by atoms with Gasteiger partial charge in [-0.2, -0.15) is 0 Å². The van der Waals surface area contributed by atoms with Crippen LogP contribution in [0.15, 0.2) is 48.6 Å². The Morgan fingerprint density at radius 2 is 1.26 bits per heavy atom. The number of carboxylic acids is 1. The lowest BCUT2D eigenvalue weighted by atomic mass is 9.96. The normalized spacial score (nSPS) is 11.5. The molecule has 0 aromatic heterocycles. The molecule has 2 aromatic carbocycles. The van der Waals surface area contributed by atoms with Crippen LogP contribution in [0.5, 0.6) is 0 Å². The molecule has 31 heavy (non-hydrogen) atoms. The van der Waals surface area contributed by atoms with Crippen LogP contribution in [-0.4, -0.2) is 11.1 Å². The molecule has 0 bridgehead atoms. The Bertz CT molecular complexity index is 790. The minimum absolute atomic E-state index is 0.401. The van der Waals surface area contributed by atoms with E-state index in [-0.39, 0.29) is 0 Å². The number of rotatable bonds is 17. The van der Waals surface area contributed by atoms with Gasteiger partial charge in [-0.25, -0.2) is 4.79 Å². The lowest BCUT2D eigenvalue weighted by Crippen LogP contribution is -1.98. The topological polar surface area (TPSA) is 37.3 Å². The van der Waals surface area contributed by atoms with Gasteiger partial charge in [-0.1, -0.05) is 107 Å². The van der Waals surface area contributed by atoms with Crippen molar-refractivity contribution < 1.29 is 9.90 Å². The van der Waals surface area contributed by atoms with Crippen molar-refractivity contribution in [1.29, 1.82) is 0 Å². The highest BCUT2D eigenvalue weighted by molar-refractivity contribution is 6.04. The average molecular weight is 423 g/mol. The van der Waals surface area contributed by atoms with Gasteiger partial charge in [0.25, 0.3) is 0 Å². The standard InChI is InChI=1S/C29H42O2/c1-2-3-4-5-6-7-8-9-10-11-12-13-14-15-16-17-20-25-21-18-23-27-26(25)22-19-24-28(27)29(30)31/h11-12,18-19,21-24H,2-10,13-17,20H2,1H3,(H,30,31). The summed E-state index contributed by atoms with van der Waals surface area (Å²) >= 11 is 0. The molecule has 0 aliphatic rings. The summed E-state index contributed by atoms with van der Waals surface area (Å²) in [5.41, 5.74) is 1.67. The predicted octanol–water partition coefficient (Wildman–Crippen LogP) is 9.12. The molecule has 0 aliphatic carbocycles. The molecule has 2 nitrogen and oxygen atoms in total. The fraction of sp³-hybridized carbons (Fsp3) is 0.552. The molecule has 0 fully saturated rings. The summed E-state index contributed by atoms with van der Waals surface area (Å²) in [5, 5.41) is 11.3. The molecule has 0 atom stereocenters. The summed E-state index contributed by atoms with van der Waals surface area (Å²) in [5.74, 6) is -0.849. The molecule has 2 aromatic rings. The van der Waals surface area contributed by atoms with Crippen LogP contribution in [0.1, 0.15) is 113 Å². The number of unbranched alkanes of at least 4 members (excludes halogenated alkanes) is 12. The molecule has 0 saturated heterocycles. The van der Waals surface area contributed by atoms with Crippen LogP contribution in [0.4, 0.5) is 0 Å². The summed E-state index contributed by atoms with van der Waals surface area (Å²) in [7, 11) is 0. The van der Waals surface area contributed by atoms with Gasteiger partial charge < -0.3 is 5.11 Å². The van der Waals surface area contributed by atoms with E-state index in [1.807, 2.05) is 24.3 Å². The lowest BCUT2D eigenvalue weighted by Gasteiger charge is -2.08. The molecule has 0 spiro atoms. The fourth-order valence-corrected chi connectivity index (χ4v) is 4.34. The van der Waals surface area contributed by atoms with Crippen molar-refractivity contribution in [3.8, 4) is 0 Å². The highest BCUT2D eigenvalue weighted by Gasteiger charge is 2.09. The van der Waals surface area contributed by atoms with E-state index in [9.17, 15) is 9.90 Å². The summed E-state index contributed by atoms with van der Waals surface area (Å²) < 4.78 is 0. The van der Waals surface area contributed by atoms with Crippen molar-refractivity contribution in [1.82, 2.24) is 0 Å². The van der Waals surface area contributed by atoms with E-state index in [4.69, 9.17) is 0 Å². The van der Waals surface area contributed by atoms with E-state index in [1.165, 1.54) is 95.5 Å². The summed E-state index contributed by atoms with van der Waals surface area (Å²) in [6.07, 6.45) is 24.3. The largest absolute Gasteiger partial charge is 0.478 e. The molecular weight excluding hydrogens is 380 g/mol. The number of fused-ring (bicyclic) bond motifs is 1. The quantitative estimate of drug-likeness (QED) is 0.204. The van der Waals surface area contributed by atoms with Gasteiger partial charge in [-0.05, 0) is 60.9 Å². The third-order valence-corrected chi connectivity index (χ3v) is 6.20. The van der Waals surface area contributed by atoms with Crippen molar-refractivity contribution in [2.75, 3.05) is 0 Å². The maximum Gasteiger partial charge on any atom is 0.336 e. The summed E-state index contributed by atoms with van der Waals surface area (Å²) in [6.45, 7) is 2.28. The van der Waals surface area contributed by atoms with E-state index in [1.54, 1.807) is 6.07 Å². The molecule has 2 rings (SSSR count). The molecule has 0 radical (unpaired) electrons. The minimum atomic E-state index is -0.849. The Hall–Kier alpha value is -2.09. The second-order valence-corrected chi connectivity index (χ2v) is 8.81. The zero-order chi connectivity index (χ0) is 22.2. The van der Waals surface area contributed by atoms with E-state index >= 15 is 0 Å². The second-order valence-electron chi connectivity index (χ2n) is 8.81. The van der Waals surface area contributed by atoms with Crippen LogP contribution < -0.4 is 0 Å². The third-order valence-electron chi connectivity index (χ3n) is 6.20. The van der Waals surface area contributed by atoms with Crippen molar-refractivity contribution in [2.24, 2.45) is 0 Å². The van der Waals surface area contributed by atoms with E-state index in [0.717, 1.165) is 17.2 Å². The molecule has 0 saturated carbocycles. The first-order valence-electron chi connectivity index (χ1n) is 12.6. The monoisotopic (exact) mass is 422 g/mol. The van der Waals surface area contributed by atoms with Crippen LogP contribution in [0.25, 0.3) is 10.8 Å². The number of aryl methyl sites for hydroxylation is 1. The number of aromatic carboxylic acids is 1. The second kappa shape index (κ2) is 15.7. The molecule has 0 amide bonds. The Kier molecular flexibility index (Phi) is 12.7. The number of allylic oxidation sites excluding steroid dienone is 2. The fourth-order valence-electron chi connectivity index (χ4n) is 4.34. The highest BCUT2D eigenvalue weighted by atomic mass is 16.4. The van der Waals surface area contributed by atoms with Gasteiger partial charge in [0.15, 0.2) is 0 Å². The minimum Gasteiger partial charge on any atom is -0.478 e. The number of carbonyl (C=O) groups is 1. The Morgan fingerprint density at radius 3 is 1.90 bits per heavy atom. The Morgan fingerprint density at radius 1 is 0.710 bits per heavy atom. The van der Waals surface area contributed by atoms with Gasteiger partial charge >= 0.3 is 5.97 Å². The van der Waals surface area contributed by atoms with Crippen LogP contribution in [0.3, 0.4) is 0 Å². The average Bonchev–Trinajstić information content (AvgIpc) is 2.78. The molecule has 1 N–H and O–H groups in total. The number of benzene rings is 2. The van der Waals surface area contributed by atoms with Gasteiger partial charge in [0.1, 0.15) is 0 Å². The number of hydrogen-bond acceptors (Lipinski definition) is 1. The van der Waals surface area contributed by atoms with Gasteiger partial charge in [-0.15, -0.1) is 0 Å². The maximum absolute atomic E-state index is 11.4. The lowest BCUT2D eigenvalue weighted by molar-refractivity contribution is 0.0699. The third kappa shape index (κ3) is 9.72. The van der Waals surface area contributed by atoms with Crippen molar-refractivity contribution in [2.45, 2.75) is 103 Å². The first-order valence-corrected chi connectivity index (χ1v) is 12.6. The van der Waals surface area contributed by atoms with Crippen LogP contribution in [0, 0.1) is 0 Å². The first kappa shape index (κ1) is 25.2. The van der Waals surface area contributed by atoms with E-state index < -0.39 is 5.97 Å². The zero-order valence-corrected chi connectivity index (χ0v) is 19.6. The summed E-state index contributed by atoms with van der Waals surface area (Å²) in [4.78, 5) is 11.4. The van der Waals surface area contributed by atoms with E-state index in [2.05, 4.69) is 25.1 Å². The van der Waals surface area contributed by atoms with Gasteiger partial charge in [0.2, 0.25) is 0 Å². The van der Waals surface area contributed by atoms with Crippen molar-refractivity contribution >= 4 is 16.7 Å². The molecule has 0 heterocycles. The first-order chi connectivity index (χ1) is 15.2. The Labute approximate surface area is 189 Å². The molecule has 0 aliphatic heterocycles. The number of carboxylic acid groups (broad SMARTS) is 1. The molecular formula is C29H42O2. The van der Waals surface area contributed by atoms with Crippen LogP contribution in [0.2, 0.25) is 0 Å². The predicted molar refractivity (Wildman–Crippen MR) is 134 cm³/mol. The highest BCUT2D eigenvalue weighted by Crippen LogP contribution is 2.24. The summed E-state index contributed by atoms with van der Waals surface area (Å²) in [6, 6.07) is 11.6. The van der Waals surface area contributed by atoms with Gasteiger partial charge in [0.05, 0.1) is 5.56 Å². The molecule has 2 heteroatoms. The molecule has 0 unspecified atom stereocenters. The maximum atomic E-state index is 11.4. The number of hydrogen-bond donors (Lipinski definition) is 1. The van der Waals surface area contributed by atoms with Crippen molar-refractivity contribution in [3.63, 3.8) is 0 Å².